The Bertz CT molecular complexity index is 490. The first-order valence-electron chi connectivity index (χ1n) is 6.77. The van der Waals surface area contributed by atoms with Gasteiger partial charge < -0.3 is 10.6 Å². The van der Waals surface area contributed by atoms with Crippen molar-refractivity contribution in [3.8, 4) is 0 Å². The zero-order valence-electron chi connectivity index (χ0n) is 10.8. The van der Waals surface area contributed by atoms with Crippen molar-refractivity contribution >= 4 is 34.5 Å². The third-order valence-electron chi connectivity index (χ3n) is 4.24. The van der Waals surface area contributed by atoms with Crippen molar-refractivity contribution in [3.05, 3.63) is 22.4 Å². The molecule has 0 radical (unpaired) electrons. The fraction of sp³-hybridized carbons (Fsp3) is 0.571. The van der Waals surface area contributed by atoms with Crippen LogP contribution in [0.3, 0.4) is 0 Å². The molecule has 1 aromatic rings. The molecule has 0 bridgehead atoms. The molecule has 0 atom stereocenters. The number of thiocarbonyl (C=S) groups is 1. The van der Waals surface area contributed by atoms with E-state index in [4.69, 9.17) is 18.0 Å². The summed E-state index contributed by atoms with van der Waals surface area (Å²) in [5.74, 6) is 0.169. The van der Waals surface area contributed by atoms with Gasteiger partial charge in [0.25, 0.3) is 0 Å². The van der Waals surface area contributed by atoms with Crippen LogP contribution in [0.2, 0.25) is 0 Å². The fourth-order valence-electron chi connectivity index (χ4n) is 2.69. The highest BCUT2D eigenvalue weighted by molar-refractivity contribution is 7.80. The smallest absolute Gasteiger partial charge is 0.236 e. The minimum absolute atomic E-state index is 0.169. The summed E-state index contributed by atoms with van der Waals surface area (Å²) in [4.78, 5) is 16.5. The first kappa shape index (κ1) is 13.1. The van der Waals surface area contributed by atoms with Gasteiger partial charge in [-0.25, -0.2) is 0 Å². The summed E-state index contributed by atoms with van der Waals surface area (Å²) < 4.78 is 0. The summed E-state index contributed by atoms with van der Waals surface area (Å²) in [5.41, 5.74) is 5.32. The van der Waals surface area contributed by atoms with Gasteiger partial charge in [0.05, 0.1) is 16.9 Å². The molecule has 0 saturated heterocycles. The fourth-order valence-corrected chi connectivity index (χ4v) is 3.69. The summed E-state index contributed by atoms with van der Waals surface area (Å²) in [6, 6.07) is 4.52. The lowest BCUT2D eigenvalue weighted by molar-refractivity contribution is -0.143. The largest absolute Gasteiger partial charge is 0.392 e. The van der Waals surface area contributed by atoms with E-state index in [1.807, 2.05) is 11.0 Å². The lowest BCUT2D eigenvalue weighted by Crippen LogP contribution is -2.54. The summed E-state index contributed by atoms with van der Waals surface area (Å²) in [6.45, 7) is 0.714. The maximum atomic E-state index is 12.9. The van der Waals surface area contributed by atoms with Crippen LogP contribution >= 0.6 is 23.6 Å². The highest BCUT2D eigenvalue weighted by atomic mass is 32.1. The van der Waals surface area contributed by atoms with Crippen LogP contribution in [0.25, 0.3) is 0 Å². The van der Waals surface area contributed by atoms with Crippen LogP contribution < -0.4 is 5.73 Å². The van der Waals surface area contributed by atoms with E-state index in [-0.39, 0.29) is 5.91 Å². The van der Waals surface area contributed by atoms with Gasteiger partial charge in [-0.3, -0.25) is 4.79 Å². The van der Waals surface area contributed by atoms with E-state index in [2.05, 4.69) is 11.4 Å². The molecular weight excluding hydrogens is 276 g/mol. The van der Waals surface area contributed by atoms with Crippen molar-refractivity contribution < 1.29 is 4.79 Å². The Morgan fingerprint density at radius 1 is 1.53 bits per heavy atom. The van der Waals surface area contributed by atoms with E-state index >= 15 is 0 Å². The van der Waals surface area contributed by atoms with Crippen LogP contribution in [0.15, 0.2) is 17.5 Å². The monoisotopic (exact) mass is 294 g/mol. The van der Waals surface area contributed by atoms with Crippen molar-refractivity contribution in [3.63, 3.8) is 0 Å². The molecule has 0 spiro atoms. The highest BCUT2D eigenvalue weighted by Gasteiger charge is 2.51. The molecule has 2 aliphatic rings. The van der Waals surface area contributed by atoms with E-state index < -0.39 is 5.41 Å². The molecule has 1 heterocycles. The lowest BCUT2D eigenvalue weighted by Gasteiger charge is -2.42. The van der Waals surface area contributed by atoms with Gasteiger partial charge in [-0.2, -0.15) is 0 Å². The van der Waals surface area contributed by atoms with E-state index in [1.165, 1.54) is 4.88 Å². The second-order valence-corrected chi connectivity index (χ2v) is 7.02. The number of hydrogen-bond acceptors (Lipinski definition) is 3. The summed E-state index contributed by atoms with van der Waals surface area (Å²) >= 11 is 6.86. The molecule has 1 amide bonds. The minimum Gasteiger partial charge on any atom is -0.392 e. The number of carbonyl (C=O) groups is 1. The van der Waals surface area contributed by atoms with E-state index in [1.54, 1.807) is 11.3 Å². The highest BCUT2D eigenvalue weighted by Crippen LogP contribution is 2.45. The number of carbonyl (C=O) groups excluding carboxylic acids is 1. The Morgan fingerprint density at radius 2 is 2.26 bits per heavy atom. The molecule has 3 rings (SSSR count). The van der Waals surface area contributed by atoms with Crippen LogP contribution in [0, 0.1) is 5.41 Å². The molecule has 1 aromatic heterocycles. The van der Waals surface area contributed by atoms with Gasteiger partial charge in [-0.05, 0) is 37.1 Å². The summed E-state index contributed by atoms with van der Waals surface area (Å²) in [5, 5.41) is 2.05. The first-order chi connectivity index (χ1) is 9.13. The average molecular weight is 294 g/mol. The first-order valence-corrected chi connectivity index (χ1v) is 8.06. The Kier molecular flexibility index (Phi) is 3.35. The molecule has 2 N–H and O–H groups in total. The van der Waals surface area contributed by atoms with E-state index in [9.17, 15) is 4.79 Å². The van der Waals surface area contributed by atoms with Crippen LogP contribution in [0.1, 0.15) is 37.0 Å². The zero-order valence-corrected chi connectivity index (χ0v) is 12.4. The number of hydrogen-bond donors (Lipinski definition) is 1. The molecule has 19 heavy (non-hydrogen) atoms. The van der Waals surface area contributed by atoms with E-state index in [0.717, 1.165) is 32.1 Å². The second kappa shape index (κ2) is 4.87. The third kappa shape index (κ3) is 2.30. The predicted molar refractivity (Wildman–Crippen MR) is 81.0 cm³/mol. The number of amides is 1. The Balaban J connectivity index is 1.80. The topological polar surface area (TPSA) is 46.3 Å². The average Bonchev–Trinajstić information content (AvgIpc) is 3.01. The molecule has 0 aromatic carbocycles. The van der Waals surface area contributed by atoms with Crippen molar-refractivity contribution in [2.75, 3.05) is 0 Å². The molecule has 2 aliphatic carbocycles. The number of nitrogens with zero attached hydrogens (tertiary/aromatic N) is 1. The van der Waals surface area contributed by atoms with Gasteiger partial charge in [0.15, 0.2) is 0 Å². The molecule has 2 saturated carbocycles. The molecular formula is C14H18N2OS2. The standard InChI is InChI=1S/C14H18N2OS2/c15-12(18)14(6-2-7-14)13(17)16(10-4-5-10)9-11-3-1-8-19-11/h1,3,8,10H,2,4-7,9H2,(H2,15,18). The Morgan fingerprint density at radius 3 is 2.68 bits per heavy atom. The van der Waals surface area contributed by atoms with Crippen LogP contribution in [0.5, 0.6) is 0 Å². The normalized spacial score (nSPS) is 20.6. The quantitative estimate of drug-likeness (QED) is 0.849. The third-order valence-corrected chi connectivity index (χ3v) is 5.49. The molecule has 3 nitrogen and oxygen atoms in total. The SMILES string of the molecule is NC(=S)C1(C(=O)N(Cc2cccs2)C2CC2)CCC1. The van der Waals surface area contributed by atoms with Gasteiger partial charge in [0, 0.05) is 10.9 Å². The molecule has 0 unspecified atom stereocenters. The van der Waals surface area contributed by atoms with Crippen LogP contribution in [0.4, 0.5) is 0 Å². The van der Waals surface area contributed by atoms with Gasteiger partial charge in [-0.1, -0.05) is 24.7 Å². The van der Waals surface area contributed by atoms with Gasteiger partial charge in [0.1, 0.15) is 0 Å². The molecule has 0 aliphatic heterocycles. The van der Waals surface area contributed by atoms with E-state index in [0.29, 0.717) is 17.6 Å². The van der Waals surface area contributed by atoms with Crippen molar-refractivity contribution in [1.82, 2.24) is 4.90 Å². The van der Waals surface area contributed by atoms with Crippen molar-refractivity contribution in [2.45, 2.75) is 44.7 Å². The predicted octanol–water partition coefficient (Wildman–Crippen LogP) is 2.70. The van der Waals surface area contributed by atoms with Crippen molar-refractivity contribution in [2.24, 2.45) is 11.1 Å². The van der Waals surface area contributed by atoms with Crippen LogP contribution in [-0.4, -0.2) is 21.8 Å². The van der Waals surface area contributed by atoms with Crippen molar-refractivity contribution in [1.29, 1.82) is 0 Å². The maximum absolute atomic E-state index is 12.9. The second-order valence-electron chi connectivity index (χ2n) is 5.54. The van der Waals surface area contributed by atoms with Crippen LogP contribution in [-0.2, 0) is 11.3 Å². The Hall–Kier alpha value is -0.940. The van der Waals surface area contributed by atoms with Gasteiger partial charge in [0.2, 0.25) is 5.91 Å². The zero-order chi connectivity index (χ0) is 13.5. The Labute approximate surface area is 122 Å². The molecule has 2 fully saturated rings. The number of nitrogens with two attached hydrogens (primary N) is 1. The van der Waals surface area contributed by atoms with Gasteiger partial charge >= 0.3 is 0 Å². The lowest BCUT2D eigenvalue weighted by atomic mass is 9.67. The number of thiophene rings is 1. The maximum Gasteiger partial charge on any atom is 0.236 e. The summed E-state index contributed by atoms with van der Waals surface area (Å²) in [6.07, 6.45) is 4.94. The summed E-state index contributed by atoms with van der Waals surface area (Å²) in [7, 11) is 0. The molecule has 5 heteroatoms. The minimum atomic E-state index is -0.533. The van der Waals surface area contributed by atoms with Gasteiger partial charge in [-0.15, -0.1) is 11.3 Å². The number of rotatable bonds is 5. The molecule has 102 valence electrons.